The Morgan fingerprint density at radius 2 is 1.52 bits per heavy atom. The van der Waals surface area contributed by atoms with E-state index in [1.165, 1.54) is 5.56 Å². The van der Waals surface area contributed by atoms with Crippen LogP contribution in [0.4, 0.5) is 5.69 Å². The van der Waals surface area contributed by atoms with Crippen molar-refractivity contribution in [1.82, 2.24) is 4.90 Å². The summed E-state index contributed by atoms with van der Waals surface area (Å²) in [5.41, 5.74) is 2.50. The van der Waals surface area contributed by atoms with Crippen molar-refractivity contribution in [2.75, 3.05) is 11.9 Å². The smallest absolute Gasteiger partial charge is 0.262 e. The maximum atomic E-state index is 12.2. The number of carbonyl (C=O) groups is 3. The van der Waals surface area contributed by atoms with E-state index in [0.29, 0.717) is 16.8 Å². The molecular formula is C18H16N2O3. The summed E-state index contributed by atoms with van der Waals surface area (Å²) in [5, 5.41) is 2.70. The molecule has 23 heavy (non-hydrogen) atoms. The van der Waals surface area contributed by atoms with Crippen LogP contribution < -0.4 is 5.32 Å². The van der Waals surface area contributed by atoms with Gasteiger partial charge in [0.1, 0.15) is 6.54 Å². The summed E-state index contributed by atoms with van der Waals surface area (Å²) in [4.78, 5) is 37.5. The first-order chi connectivity index (χ1) is 11.1. The Morgan fingerprint density at radius 1 is 0.957 bits per heavy atom. The summed E-state index contributed by atoms with van der Waals surface area (Å²) >= 11 is 0. The monoisotopic (exact) mass is 308 g/mol. The standard InChI is InChI=1S/C18H16N2O3/c1-2-12-7-9-13(10-8-12)19-16(21)11-20-17(22)14-5-3-4-6-15(14)18(20)23/h3-10H,2,11H2,1H3,(H,19,21). The molecule has 0 radical (unpaired) electrons. The van der Waals surface area contributed by atoms with E-state index in [0.717, 1.165) is 11.3 Å². The van der Waals surface area contributed by atoms with Gasteiger partial charge in [0.2, 0.25) is 5.91 Å². The van der Waals surface area contributed by atoms with Crippen LogP contribution in [0.5, 0.6) is 0 Å². The Balaban J connectivity index is 1.69. The first-order valence-corrected chi connectivity index (χ1v) is 7.44. The Bertz CT molecular complexity index is 746. The molecule has 3 amide bonds. The molecule has 0 fully saturated rings. The largest absolute Gasteiger partial charge is 0.325 e. The second kappa shape index (κ2) is 6.04. The number of nitrogens with zero attached hydrogens (tertiary/aromatic N) is 1. The van der Waals surface area contributed by atoms with Crippen molar-refractivity contribution in [3.05, 3.63) is 65.2 Å². The minimum absolute atomic E-state index is 0.290. The lowest BCUT2D eigenvalue weighted by Crippen LogP contribution is -2.37. The first-order valence-electron chi connectivity index (χ1n) is 7.44. The van der Waals surface area contributed by atoms with Crippen LogP contribution in [0.3, 0.4) is 0 Å². The molecule has 1 aliphatic heterocycles. The van der Waals surface area contributed by atoms with Crippen LogP contribution in [0.25, 0.3) is 0 Å². The molecule has 2 aromatic rings. The normalized spacial score (nSPS) is 13.2. The number of carbonyl (C=O) groups excluding carboxylic acids is 3. The van der Waals surface area contributed by atoms with Crippen LogP contribution in [0.15, 0.2) is 48.5 Å². The highest BCUT2D eigenvalue weighted by Crippen LogP contribution is 2.22. The number of benzene rings is 2. The average Bonchev–Trinajstić information content (AvgIpc) is 2.81. The van der Waals surface area contributed by atoms with Gasteiger partial charge < -0.3 is 5.32 Å². The van der Waals surface area contributed by atoms with Crippen LogP contribution in [0.2, 0.25) is 0 Å². The molecule has 0 bridgehead atoms. The zero-order valence-electron chi connectivity index (χ0n) is 12.7. The lowest BCUT2D eigenvalue weighted by molar-refractivity contribution is -0.116. The molecule has 116 valence electrons. The fraction of sp³-hybridized carbons (Fsp3) is 0.167. The Kier molecular flexibility index (Phi) is 3.93. The van der Waals surface area contributed by atoms with Crippen molar-refractivity contribution in [2.45, 2.75) is 13.3 Å². The highest BCUT2D eigenvalue weighted by atomic mass is 16.2. The highest BCUT2D eigenvalue weighted by molar-refractivity contribution is 6.22. The van der Waals surface area contributed by atoms with Crippen LogP contribution >= 0.6 is 0 Å². The molecule has 3 rings (SSSR count). The predicted octanol–water partition coefficient (Wildman–Crippen LogP) is 2.48. The fourth-order valence-corrected chi connectivity index (χ4v) is 2.55. The van der Waals surface area contributed by atoms with Gasteiger partial charge in [-0.05, 0) is 36.2 Å². The lowest BCUT2D eigenvalue weighted by atomic mass is 10.1. The molecule has 0 aromatic heterocycles. The maximum absolute atomic E-state index is 12.2. The van der Waals surface area contributed by atoms with E-state index in [2.05, 4.69) is 12.2 Å². The number of rotatable bonds is 4. The SMILES string of the molecule is CCc1ccc(NC(=O)CN2C(=O)c3ccccc3C2=O)cc1. The molecule has 0 atom stereocenters. The molecule has 5 nitrogen and oxygen atoms in total. The predicted molar refractivity (Wildman–Crippen MR) is 86.3 cm³/mol. The van der Waals surface area contributed by atoms with Gasteiger partial charge in [0.25, 0.3) is 11.8 Å². The van der Waals surface area contributed by atoms with Crippen LogP contribution in [0.1, 0.15) is 33.2 Å². The van der Waals surface area contributed by atoms with Gasteiger partial charge in [0.05, 0.1) is 11.1 Å². The van der Waals surface area contributed by atoms with Crippen molar-refractivity contribution >= 4 is 23.4 Å². The molecule has 0 saturated heterocycles. The summed E-state index contributed by atoms with van der Waals surface area (Å²) in [6.45, 7) is 1.76. The van der Waals surface area contributed by atoms with Gasteiger partial charge >= 0.3 is 0 Å². The molecule has 5 heteroatoms. The quantitative estimate of drug-likeness (QED) is 0.882. The van der Waals surface area contributed by atoms with Gasteiger partial charge in [-0.25, -0.2) is 0 Å². The third-order valence-corrected chi connectivity index (χ3v) is 3.83. The number of aryl methyl sites for hydroxylation is 1. The van der Waals surface area contributed by atoms with Crippen LogP contribution in [-0.2, 0) is 11.2 Å². The minimum Gasteiger partial charge on any atom is -0.325 e. The lowest BCUT2D eigenvalue weighted by Gasteiger charge is -2.13. The van der Waals surface area contributed by atoms with E-state index < -0.39 is 17.7 Å². The molecular weight excluding hydrogens is 292 g/mol. The number of nitrogens with one attached hydrogen (secondary N) is 1. The Morgan fingerprint density at radius 3 is 2.04 bits per heavy atom. The topological polar surface area (TPSA) is 66.5 Å². The summed E-state index contributed by atoms with van der Waals surface area (Å²) in [6, 6.07) is 14.0. The summed E-state index contributed by atoms with van der Waals surface area (Å²) in [5.74, 6) is -1.26. The molecule has 2 aromatic carbocycles. The van der Waals surface area contributed by atoms with Gasteiger partial charge in [-0.15, -0.1) is 0 Å². The van der Waals surface area contributed by atoms with Crippen molar-refractivity contribution in [3.63, 3.8) is 0 Å². The zero-order chi connectivity index (χ0) is 16.4. The number of imide groups is 1. The second-order valence-electron chi connectivity index (χ2n) is 5.34. The van der Waals surface area contributed by atoms with Crippen LogP contribution in [-0.4, -0.2) is 29.2 Å². The zero-order valence-corrected chi connectivity index (χ0v) is 12.7. The van der Waals surface area contributed by atoms with Gasteiger partial charge in [-0.3, -0.25) is 19.3 Å². The van der Waals surface area contributed by atoms with E-state index in [4.69, 9.17) is 0 Å². The van der Waals surface area contributed by atoms with E-state index >= 15 is 0 Å². The number of hydrogen-bond donors (Lipinski definition) is 1. The number of hydrogen-bond acceptors (Lipinski definition) is 3. The molecule has 0 aliphatic carbocycles. The third kappa shape index (κ3) is 2.85. The summed E-state index contributed by atoms with van der Waals surface area (Å²) < 4.78 is 0. The maximum Gasteiger partial charge on any atom is 0.262 e. The molecule has 1 aliphatic rings. The minimum atomic E-state index is -0.429. The fourth-order valence-electron chi connectivity index (χ4n) is 2.55. The Hall–Kier alpha value is -2.95. The first kappa shape index (κ1) is 15.0. The third-order valence-electron chi connectivity index (χ3n) is 3.83. The second-order valence-corrected chi connectivity index (χ2v) is 5.34. The van der Waals surface area contributed by atoms with E-state index in [1.807, 2.05) is 12.1 Å². The van der Waals surface area contributed by atoms with Crippen LogP contribution in [0, 0.1) is 0 Å². The van der Waals surface area contributed by atoms with E-state index in [-0.39, 0.29) is 6.54 Å². The number of amides is 3. The van der Waals surface area contributed by atoms with Gasteiger partial charge in [0.15, 0.2) is 0 Å². The summed E-state index contributed by atoms with van der Waals surface area (Å²) in [7, 11) is 0. The molecule has 1 heterocycles. The molecule has 0 saturated carbocycles. The number of anilines is 1. The van der Waals surface area contributed by atoms with Crippen molar-refractivity contribution in [2.24, 2.45) is 0 Å². The van der Waals surface area contributed by atoms with Gasteiger partial charge in [-0.1, -0.05) is 31.2 Å². The number of fused-ring (bicyclic) bond motifs is 1. The molecule has 0 unspecified atom stereocenters. The highest BCUT2D eigenvalue weighted by Gasteiger charge is 2.36. The molecule has 1 N–H and O–H groups in total. The van der Waals surface area contributed by atoms with Crippen molar-refractivity contribution in [3.8, 4) is 0 Å². The molecule has 0 spiro atoms. The van der Waals surface area contributed by atoms with Crippen molar-refractivity contribution < 1.29 is 14.4 Å². The van der Waals surface area contributed by atoms with Gasteiger partial charge in [0, 0.05) is 5.69 Å². The Labute approximate surface area is 133 Å². The average molecular weight is 308 g/mol. The van der Waals surface area contributed by atoms with E-state index in [9.17, 15) is 14.4 Å². The van der Waals surface area contributed by atoms with Gasteiger partial charge in [-0.2, -0.15) is 0 Å². The van der Waals surface area contributed by atoms with E-state index in [1.54, 1.807) is 36.4 Å². The summed E-state index contributed by atoms with van der Waals surface area (Å²) in [6.07, 6.45) is 0.920. The van der Waals surface area contributed by atoms with Crippen molar-refractivity contribution in [1.29, 1.82) is 0 Å².